The summed E-state index contributed by atoms with van der Waals surface area (Å²) in [7, 11) is 0. The molecule has 0 saturated carbocycles. The molecule has 0 radical (unpaired) electrons. The Kier molecular flexibility index (Phi) is 5.31. The molecule has 4 heteroatoms. The first-order chi connectivity index (χ1) is 8.19. The molecular weight excluding hydrogens is 232 g/mol. The van der Waals surface area contributed by atoms with E-state index in [1.165, 1.54) is 11.8 Å². The van der Waals surface area contributed by atoms with E-state index in [1.807, 2.05) is 25.1 Å². The maximum Gasteiger partial charge on any atom is 0.233 e. The van der Waals surface area contributed by atoms with Gasteiger partial charge in [-0.1, -0.05) is 18.2 Å². The van der Waals surface area contributed by atoms with Crippen LogP contribution in [0.15, 0.2) is 41.8 Å². The van der Waals surface area contributed by atoms with Crippen molar-refractivity contribution in [2.24, 2.45) is 0 Å². The minimum atomic E-state index is -0.232. The summed E-state index contributed by atoms with van der Waals surface area (Å²) < 4.78 is 0. The Balaban J connectivity index is 2.68. The number of thioether (sulfide) groups is 1. The molecule has 1 rings (SSSR count). The predicted molar refractivity (Wildman–Crippen MR) is 69.7 cm³/mol. The van der Waals surface area contributed by atoms with Gasteiger partial charge in [-0.2, -0.15) is 5.26 Å². The minimum absolute atomic E-state index is 0.0531. The number of carbonyl (C=O) groups excluding carboxylic acids is 1. The monoisotopic (exact) mass is 246 g/mol. The summed E-state index contributed by atoms with van der Waals surface area (Å²) in [4.78, 5) is 12.5. The Labute approximate surface area is 106 Å². The van der Waals surface area contributed by atoms with Crippen LogP contribution < -0.4 is 5.32 Å². The van der Waals surface area contributed by atoms with Gasteiger partial charge in [0.05, 0.1) is 10.8 Å². The molecule has 1 N–H and O–H groups in total. The van der Waals surface area contributed by atoms with Gasteiger partial charge < -0.3 is 5.32 Å². The first-order valence-electron chi connectivity index (χ1n) is 5.23. The minimum Gasteiger partial charge on any atom is -0.352 e. The van der Waals surface area contributed by atoms with E-state index in [0.29, 0.717) is 12.1 Å². The largest absolute Gasteiger partial charge is 0.352 e. The third kappa shape index (κ3) is 3.97. The van der Waals surface area contributed by atoms with Crippen LogP contribution in [0.3, 0.4) is 0 Å². The fourth-order valence-electron chi connectivity index (χ4n) is 1.22. The lowest BCUT2D eigenvalue weighted by Gasteiger charge is -2.11. The molecule has 88 valence electrons. The Bertz CT molecular complexity index is 451. The number of benzene rings is 1. The fourth-order valence-corrected chi connectivity index (χ4v) is 2.19. The van der Waals surface area contributed by atoms with E-state index >= 15 is 0 Å². The summed E-state index contributed by atoms with van der Waals surface area (Å²) in [6, 6.07) is 9.38. The Morgan fingerprint density at radius 3 is 3.00 bits per heavy atom. The average Bonchev–Trinajstić information content (AvgIpc) is 2.36. The number of nitrogens with zero attached hydrogens (tertiary/aromatic N) is 1. The van der Waals surface area contributed by atoms with E-state index in [-0.39, 0.29) is 11.2 Å². The third-order valence-corrected chi connectivity index (χ3v) is 3.28. The van der Waals surface area contributed by atoms with Crippen LogP contribution in [0.5, 0.6) is 0 Å². The predicted octanol–water partition coefficient (Wildman–Crippen LogP) is 2.34. The quantitative estimate of drug-likeness (QED) is 0.641. The van der Waals surface area contributed by atoms with Crippen molar-refractivity contribution in [1.82, 2.24) is 5.32 Å². The summed E-state index contributed by atoms with van der Waals surface area (Å²) in [5, 5.41) is 11.4. The number of nitriles is 1. The molecule has 0 aliphatic carbocycles. The normalized spacial score (nSPS) is 11.3. The van der Waals surface area contributed by atoms with Crippen LogP contribution in [-0.2, 0) is 4.79 Å². The van der Waals surface area contributed by atoms with Crippen molar-refractivity contribution < 1.29 is 4.79 Å². The van der Waals surface area contributed by atoms with Gasteiger partial charge in [0, 0.05) is 11.4 Å². The topological polar surface area (TPSA) is 52.9 Å². The zero-order valence-electron chi connectivity index (χ0n) is 9.64. The number of nitrogens with one attached hydrogen (secondary N) is 1. The zero-order chi connectivity index (χ0) is 12.7. The van der Waals surface area contributed by atoms with Crippen molar-refractivity contribution in [3.05, 3.63) is 42.5 Å². The zero-order valence-corrected chi connectivity index (χ0v) is 10.5. The molecule has 1 unspecified atom stereocenters. The van der Waals surface area contributed by atoms with Gasteiger partial charge in [0.1, 0.15) is 6.07 Å². The van der Waals surface area contributed by atoms with Gasteiger partial charge >= 0.3 is 0 Å². The van der Waals surface area contributed by atoms with Crippen molar-refractivity contribution in [2.75, 3.05) is 6.54 Å². The Hall–Kier alpha value is -1.73. The van der Waals surface area contributed by atoms with Gasteiger partial charge in [-0.05, 0) is 19.1 Å². The standard InChI is InChI=1S/C13H14N2OS/c1-3-8-15-13(16)10(2)17-12-7-5-4-6-11(12)9-14/h3-7,10H,1,8H2,2H3,(H,15,16). The number of amides is 1. The molecule has 1 aromatic rings. The van der Waals surface area contributed by atoms with E-state index in [1.54, 1.807) is 12.1 Å². The first kappa shape index (κ1) is 13.3. The van der Waals surface area contributed by atoms with Crippen molar-refractivity contribution >= 4 is 17.7 Å². The number of hydrogen-bond donors (Lipinski definition) is 1. The van der Waals surface area contributed by atoms with Crippen molar-refractivity contribution in [2.45, 2.75) is 17.1 Å². The lowest BCUT2D eigenvalue weighted by atomic mass is 10.2. The van der Waals surface area contributed by atoms with Crippen LogP contribution in [0, 0.1) is 11.3 Å². The summed E-state index contributed by atoms with van der Waals surface area (Å²) in [6.45, 7) is 5.82. The second kappa shape index (κ2) is 6.77. The van der Waals surface area contributed by atoms with E-state index in [0.717, 1.165) is 4.90 Å². The van der Waals surface area contributed by atoms with E-state index in [9.17, 15) is 4.79 Å². The first-order valence-corrected chi connectivity index (χ1v) is 6.11. The van der Waals surface area contributed by atoms with Gasteiger partial charge in [0.25, 0.3) is 0 Å². The van der Waals surface area contributed by atoms with Crippen LogP contribution in [0.2, 0.25) is 0 Å². The second-order valence-electron chi connectivity index (χ2n) is 3.40. The highest BCUT2D eigenvalue weighted by Gasteiger charge is 2.14. The van der Waals surface area contributed by atoms with Crippen LogP contribution >= 0.6 is 11.8 Å². The number of carbonyl (C=O) groups is 1. The maximum absolute atomic E-state index is 11.6. The molecule has 0 spiro atoms. The summed E-state index contributed by atoms with van der Waals surface area (Å²) in [6.07, 6.45) is 1.64. The molecule has 0 bridgehead atoms. The number of hydrogen-bond acceptors (Lipinski definition) is 3. The van der Waals surface area contributed by atoms with Gasteiger partial charge in [-0.15, -0.1) is 18.3 Å². The molecule has 0 aliphatic rings. The summed E-state index contributed by atoms with van der Waals surface area (Å²) in [5.74, 6) is -0.0531. The highest BCUT2D eigenvalue weighted by Crippen LogP contribution is 2.26. The van der Waals surface area contributed by atoms with Crippen molar-refractivity contribution in [3.8, 4) is 6.07 Å². The highest BCUT2D eigenvalue weighted by molar-refractivity contribution is 8.00. The molecule has 0 aliphatic heterocycles. The summed E-state index contributed by atoms with van der Waals surface area (Å²) in [5.41, 5.74) is 0.598. The highest BCUT2D eigenvalue weighted by atomic mass is 32.2. The molecular formula is C13H14N2OS. The second-order valence-corrected chi connectivity index (χ2v) is 4.78. The molecule has 0 saturated heterocycles. The molecule has 0 fully saturated rings. The average molecular weight is 246 g/mol. The Morgan fingerprint density at radius 2 is 2.35 bits per heavy atom. The SMILES string of the molecule is C=CCNC(=O)C(C)Sc1ccccc1C#N. The van der Waals surface area contributed by atoms with Gasteiger partial charge in [-0.3, -0.25) is 4.79 Å². The lowest BCUT2D eigenvalue weighted by Crippen LogP contribution is -2.30. The summed E-state index contributed by atoms with van der Waals surface area (Å²) >= 11 is 1.38. The van der Waals surface area contributed by atoms with Crippen molar-refractivity contribution in [3.63, 3.8) is 0 Å². The van der Waals surface area contributed by atoms with Crippen LogP contribution in [0.4, 0.5) is 0 Å². The molecule has 1 amide bonds. The fraction of sp³-hybridized carbons (Fsp3) is 0.231. The molecule has 0 aromatic heterocycles. The van der Waals surface area contributed by atoms with Crippen LogP contribution in [0.25, 0.3) is 0 Å². The van der Waals surface area contributed by atoms with Crippen molar-refractivity contribution in [1.29, 1.82) is 5.26 Å². The van der Waals surface area contributed by atoms with Gasteiger partial charge in [0.2, 0.25) is 5.91 Å². The van der Waals surface area contributed by atoms with Crippen LogP contribution in [0.1, 0.15) is 12.5 Å². The van der Waals surface area contributed by atoms with E-state index in [4.69, 9.17) is 5.26 Å². The van der Waals surface area contributed by atoms with Gasteiger partial charge in [-0.25, -0.2) is 0 Å². The van der Waals surface area contributed by atoms with E-state index < -0.39 is 0 Å². The molecule has 17 heavy (non-hydrogen) atoms. The van der Waals surface area contributed by atoms with E-state index in [2.05, 4.69) is 18.0 Å². The van der Waals surface area contributed by atoms with Gasteiger partial charge in [0.15, 0.2) is 0 Å². The third-order valence-electron chi connectivity index (χ3n) is 2.10. The Morgan fingerprint density at radius 1 is 1.65 bits per heavy atom. The molecule has 3 nitrogen and oxygen atoms in total. The maximum atomic E-state index is 11.6. The molecule has 0 heterocycles. The lowest BCUT2D eigenvalue weighted by molar-refractivity contribution is -0.120. The molecule has 1 aromatic carbocycles. The van der Waals surface area contributed by atoms with Crippen LogP contribution in [-0.4, -0.2) is 17.7 Å². The number of rotatable bonds is 5. The smallest absolute Gasteiger partial charge is 0.233 e. The molecule has 1 atom stereocenters.